The molecular formula is C21H35ClN4O2. The van der Waals surface area contributed by atoms with Crippen LogP contribution in [-0.4, -0.2) is 70.5 Å². The minimum Gasteiger partial charge on any atom is -0.497 e. The maximum Gasteiger partial charge on any atom is 0.191 e. The quantitative estimate of drug-likeness (QED) is 0.353. The molecule has 1 heterocycles. The van der Waals surface area contributed by atoms with Crippen molar-refractivity contribution in [3.63, 3.8) is 0 Å². The van der Waals surface area contributed by atoms with Gasteiger partial charge in [-0.1, -0.05) is 17.7 Å². The number of benzene rings is 1. The Morgan fingerprint density at radius 2 is 2.07 bits per heavy atom. The molecule has 1 fully saturated rings. The maximum atomic E-state index is 6.33. The Labute approximate surface area is 174 Å². The molecule has 7 heteroatoms. The van der Waals surface area contributed by atoms with Gasteiger partial charge in [-0.05, 0) is 50.3 Å². The van der Waals surface area contributed by atoms with Crippen LogP contribution < -0.4 is 15.4 Å². The van der Waals surface area contributed by atoms with Crippen LogP contribution in [0.3, 0.4) is 0 Å². The van der Waals surface area contributed by atoms with Crippen molar-refractivity contribution in [2.75, 3.05) is 53.6 Å². The summed E-state index contributed by atoms with van der Waals surface area (Å²) in [5.41, 5.74) is 1.09. The van der Waals surface area contributed by atoms with Crippen molar-refractivity contribution in [2.45, 2.75) is 38.6 Å². The van der Waals surface area contributed by atoms with Crippen LogP contribution in [0.15, 0.2) is 23.2 Å². The van der Waals surface area contributed by atoms with Gasteiger partial charge in [0.1, 0.15) is 5.75 Å². The van der Waals surface area contributed by atoms with Gasteiger partial charge in [0.05, 0.1) is 7.11 Å². The lowest BCUT2D eigenvalue weighted by Crippen LogP contribution is -2.49. The monoisotopic (exact) mass is 410 g/mol. The molecule has 1 saturated heterocycles. The summed E-state index contributed by atoms with van der Waals surface area (Å²) < 4.78 is 10.3. The fraction of sp³-hybridized carbons (Fsp3) is 0.667. The number of rotatable bonds is 10. The first-order chi connectivity index (χ1) is 13.7. The number of piperidine rings is 1. The van der Waals surface area contributed by atoms with Crippen molar-refractivity contribution in [1.29, 1.82) is 0 Å². The van der Waals surface area contributed by atoms with Gasteiger partial charge in [-0.2, -0.15) is 0 Å². The van der Waals surface area contributed by atoms with E-state index < -0.39 is 0 Å². The second kappa shape index (κ2) is 12.9. The number of nitrogens with one attached hydrogen (secondary N) is 2. The third-order valence-corrected chi connectivity index (χ3v) is 5.36. The van der Waals surface area contributed by atoms with Gasteiger partial charge in [0.25, 0.3) is 0 Å². The minimum absolute atomic E-state index is 0.473. The van der Waals surface area contributed by atoms with Gasteiger partial charge in [0.15, 0.2) is 5.96 Å². The summed E-state index contributed by atoms with van der Waals surface area (Å²) in [6.45, 7) is 7.85. The number of hydrogen-bond acceptors (Lipinski definition) is 4. The smallest absolute Gasteiger partial charge is 0.191 e. The Balaban J connectivity index is 1.79. The number of ether oxygens (including phenoxy) is 2. The second-order valence-electron chi connectivity index (χ2n) is 7.07. The zero-order valence-corrected chi connectivity index (χ0v) is 18.2. The van der Waals surface area contributed by atoms with E-state index in [0.29, 0.717) is 12.6 Å². The summed E-state index contributed by atoms with van der Waals surface area (Å²) in [5, 5.41) is 7.69. The average Bonchev–Trinajstić information content (AvgIpc) is 2.70. The van der Waals surface area contributed by atoms with E-state index in [1.165, 1.54) is 0 Å². The average molecular weight is 411 g/mol. The summed E-state index contributed by atoms with van der Waals surface area (Å²) >= 11 is 6.33. The van der Waals surface area contributed by atoms with E-state index in [-0.39, 0.29) is 0 Å². The fourth-order valence-corrected chi connectivity index (χ4v) is 3.66. The van der Waals surface area contributed by atoms with Gasteiger partial charge in [-0.15, -0.1) is 0 Å². The third kappa shape index (κ3) is 7.86. The van der Waals surface area contributed by atoms with Crippen LogP contribution >= 0.6 is 11.6 Å². The molecule has 6 nitrogen and oxygen atoms in total. The highest BCUT2D eigenvalue weighted by molar-refractivity contribution is 6.31. The van der Waals surface area contributed by atoms with Crippen molar-refractivity contribution in [3.8, 4) is 5.75 Å². The summed E-state index contributed by atoms with van der Waals surface area (Å²) in [6.07, 6.45) is 4.19. The van der Waals surface area contributed by atoms with Crippen LogP contribution in [0.25, 0.3) is 0 Å². The van der Waals surface area contributed by atoms with Crippen LogP contribution in [0, 0.1) is 0 Å². The number of methoxy groups -OCH3 is 2. The molecule has 1 aromatic carbocycles. The highest BCUT2D eigenvalue weighted by Gasteiger charge is 2.19. The summed E-state index contributed by atoms with van der Waals surface area (Å²) in [6, 6.07) is 6.27. The van der Waals surface area contributed by atoms with Gasteiger partial charge in [-0.25, -0.2) is 0 Å². The molecule has 0 aliphatic carbocycles. The van der Waals surface area contributed by atoms with Gasteiger partial charge in [0, 0.05) is 57.5 Å². The van der Waals surface area contributed by atoms with E-state index in [9.17, 15) is 0 Å². The van der Waals surface area contributed by atoms with Crippen LogP contribution in [-0.2, 0) is 11.2 Å². The van der Waals surface area contributed by atoms with Gasteiger partial charge in [-0.3, -0.25) is 4.99 Å². The molecule has 0 bridgehead atoms. The van der Waals surface area contributed by atoms with E-state index in [1.807, 2.05) is 18.2 Å². The molecule has 0 unspecified atom stereocenters. The zero-order valence-electron chi connectivity index (χ0n) is 17.5. The molecule has 158 valence electrons. The molecule has 28 heavy (non-hydrogen) atoms. The molecule has 0 spiro atoms. The molecule has 1 aromatic rings. The van der Waals surface area contributed by atoms with Crippen LogP contribution in [0.4, 0.5) is 0 Å². The number of halogens is 1. The zero-order chi connectivity index (χ0) is 20.2. The van der Waals surface area contributed by atoms with Crippen LogP contribution in [0.1, 0.15) is 31.7 Å². The van der Waals surface area contributed by atoms with Gasteiger partial charge < -0.3 is 25.0 Å². The Kier molecular flexibility index (Phi) is 10.5. The number of guanidine groups is 1. The SMILES string of the molecule is CCNC(=NCCc1ccc(OC)cc1Cl)NC1CCN(CCCOC)CC1. The van der Waals surface area contributed by atoms with E-state index in [0.717, 1.165) is 80.8 Å². The second-order valence-corrected chi connectivity index (χ2v) is 7.48. The van der Waals surface area contributed by atoms with Crippen molar-refractivity contribution >= 4 is 17.6 Å². The van der Waals surface area contributed by atoms with Crippen molar-refractivity contribution in [1.82, 2.24) is 15.5 Å². The third-order valence-electron chi connectivity index (χ3n) is 5.01. The van der Waals surface area contributed by atoms with Crippen molar-refractivity contribution in [2.24, 2.45) is 4.99 Å². The highest BCUT2D eigenvalue weighted by Crippen LogP contribution is 2.22. The molecule has 0 aromatic heterocycles. The minimum atomic E-state index is 0.473. The van der Waals surface area contributed by atoms with Crippen molar-refractivity contribution < 1.29 is 9.47 Å². The van der Waals surface area contributed by atoms with Gasteiger partial charge in [0.2, 0.25) is 0 Å². The Morgan fingerprint density at radius 1 is 1.29 bits per heavy atom. The molecule has 0 atom stereocenters. The first kappa shape index (κ1) is 22.8. The van der Waals surface area contributed by atoms with Crippen molar-refractivity contribution in [3.05, 3.63) is 28.8 Å². The summed E-state index contributed by atoms with van der Waals surface area (Å²) in [4.78, 5) is 7.26. The number of hydrogen-bond donors (Lipinski definition) is 2. The lowest BCUT2D eigenvalue weighted by Gasteiger charge is -2.33. The lowest BCUT2D eigenvalue weighted by atomic mass is 10.1. The van der Waals surface area contributed by atoms with E-state index in [1.54, 1.807) is 14.2 Å². The number of aliphatic imine (C=N–C) groups is 1. The van der Waals surface area contributed by atoms with E-state index >= 15 is 0 Å². The predicted molar refractivity (Wildman–Crippen MR) is 117 cm³/mol. The predicted octanol–water partition coefficient (Wildman–Crippen LogP) is 2.95. The molecule has 1 aliphatic rings. The normalized spacial score (nSPS) is 16.2. The maximum absolute atomic E-state index is 6.33. The molecule has 2 N–H and O–H groups in total. The van der Waals surface area contributed by atoms with E-state index in [2.05, 4.69) is 22.5 Å². The number of nitrogens with zero attached hydrogens (tertiary/aromatic N) is 2. The van der Waals surface area contributed by atoms with E-state index in [4.69, 9.17) is 26.1 Å². The first-order valence-electron chi connectivity index (χ1n) is 10.2. The molecular weight excluding hydrogens is 376 g/mol. The molecule has 2 rings (SSSR count). The number of likely N-dealkylation sites (tertiary alicyclic amines) is 1. The Bertz CT molecular complexity index is 604. The van der Waals surface area contributed by atoms with Gasteiger partial charge >= 0.3 is 0 Å². The Hall–Kier alpha value is -1.50. The van der Waals surface area contributed by atoms with Crippen LogP contribution in [0.5, 0.6) is 5.75 Å². The highest BCUT2D eigenvalue weighted by atomic mass is 35.5. The molecule has 0 radical (unpaired) electrons. The largest absolute Gasteiger partial charge is 0.497 e. The van der Waals surface area contributed by atoms with Crippen LogP contribution in [0.2, 0.25) is 5.02 Å². The first-order valence-corrected chi connectivity index (χ1v) is 10.6. The molecule has 0 amide bonds. The fourth-order valence-electron chi connectivity index (χ4n) is 3.39. The summed E-state index contributed by atoms with van der Waals surface area (Å²) in [5.74, 6) is 1.67. The topological polar surface area (TPSA) is 58.1 Å². The molecule has 1 aliphatic heterocycles. The molecule has 0 saturated carbocycles. The Morgan fingerprint density at radius 3 is 2.71 bits per heavy atom. The standard InChI is InChI=1S/C21H35ClN4O2/c1-4-23-21(24-11-8-17-6-7-19(28-3)16-20(17)22)25-18-9-13-26(14-10-18)12-5-15-27-2/h6-7,16,18H,4-5,8-15H2,1-3H3,(H2,23,24,25). The lowest BCUT2D eigenvalue weighted by molar-refractivity contribution is 0.155. The summed E-state index contributed by atoms with van der Waals surface area (Å²) in [7, 11) is 3.41.